The maximum atomic E-state index is 12.7. The molecule has 36 heavy (non-hydrogen) atoms. The molecule has 0 aliphatic carbocycles. The van der Waals surface area contributed by atoms with Crippen molar-refractivity contribution in [2.24, 2.45) is 5.92 Å². The summed E-state index contributed by atoms with van der Waals surface area (Å²) in [6.45, 7) is 4.29. The van der Waals surface area contributed by atoms with Crippen LogP contribution in [0.1, 0.15) is 46.0 Å². The van der Waals surface area contributed by atoms with Gasteiger partial charge in [0.1, 0.15) is 0 Å². The van der Waals surface area contributed by atoms with Crippen molar-refractivity contribution in [2.75, 3.05) is 30.3 Å². The number of rotatable bonds is 8. The van der Waals surface area contributed by atoms with Gasteiger partial charge in [0.25, 0.3) is 11.8 Å². The van der Waals surface area contributed by atoms with Gasteiger partial charge in [0.05, 0.1) is 6.54 Å². The van der Waals surface area contributed by atoms with Crippen LogP contribution in [0.4, 0.5) is 11.4 Å². The molecule has 3 aromatic rings. The minimum atomic E-state index is -0.224. The van der Waals surface area contributed by atoms with Crippen LogP contribution in [0.25, 0.3) is 0 Å². The molecule has 1 fully saturated rings. The lowest BCUT2D eigenvalue weighted by Gasteiger charge is -2.30. The molecule has 1 aliphatic heterocycles. The monoisotopic (exact) mass is 484 g/mol. The highest BCUT2D eigenvalue weighted by Gasteiger charge is 2.21. The fourth-order valence-electron chi connectivity index (χ4n) is 4.13. The van der Waals surface area contributed by atoms with Gasteiger partial charge >= 0.3 is 0 Å². The largest absolute Gasteiger partial charge is 0.376 e. The molecule has 3 N–H and O–H groups in total. The van der Waals surface area contributed by atoms with E-state index in [1.54, 1.807) is 42.5 Å². The second-order valence-electron chi connectivity index (χ2n) is 9.20. The smallest absolute Gasteiger partial charge is 0.253 e. The van der Waals surface area contributed by atoms with Crippen LogP contribution in [0.2, 0.25) is 0 Å². The number of likely N-dealkylation sites (tertiary alicyclic amines) is 1. The second-order valence-corrected chi connectivity index (χ2v) is 9.20. The number of nitrogens with zero attached hydrogens (tertiary/aromatic N) is 1. The molecule has 7 heteroatoms. The van der Waals surface area contributed by atoms with Gasteiger partial charge in [-0.2, -0.15) is 0 Å². The van der Waals surface area contributed by atoms with Gasteiger partial charge in [-0.3, -0.25) is 14.4 Å². The molecule has 4 rings (SSSR count). The van der Waals surface area contributed by atoms with Crippen molar-refractivity contribution in [1.29, 1.82) is 0 Å². The topological polar surface area (TPSA) is 90.5 Å². The highest BCUT2D eigenvalue weighted by Crippen LogP contribution is 2.19. The third-order valence-electron chi connectivity index (χ3n) is 6.36. The summed E-state index contributed by atoms with van der Waals surface area (Å²) in [6.07, 6.45) is 2.07. The predicted octanol–water partition coefficient (Wildman–Crippen LogP) is 4.54. The Morgan fingerprint density at radius 3 is 2.28 bits per heavy atom. The van der Waals surface area contributed by atoms with Gasteiger partial charge in [-0.05, 0) is 66.8 Å². The van der Waals surface area contributed by atoms with Crippen LogP contribution >= 0.6 is 0 Å². The lowest BCUT2D eigenvalue weighted by Crippen LogP contribution is -2.37. The Morgan fingerprint density at radius 1 is 0.833 bits per heavy atom. The average Bonchev–Trinajstić information content (AvgIpc) is 2.92. The van der Waals surface area contributed by atoms with Crippen LogP contribution in [-0.2, 0) is 11.3 Å². The number of benzene rings is 3. The first-order valence-corrected chi connectivity index (χ1v) is 12.3. The van der Waals surface area contributed by atoms with E-state index in [-0.39, 0.29) is 24.3 Å². The van der Waals surface area contributed by atoms with E-state index in [1.807, 2.05) is 41.3 Å². The zero-order chi connectivity index (χ0) is 25.3. The fourth-order valence-corrected chi connectivity index (χ4v) is 4.13. The van der Waals surface area contributed by atoms with Crippen LogP contribution in [0, 0.1) is 5.92 Å². The van der Waals surface area contributed by atoms with E-state index in [2.05, 4.69) is 22.9 Å². The third-order valence-corrected chi connectivity index (χ3v) is 6.36. The molecule has 0 spiro atoms. The van der Waals surface area contributed by atoms with Gasteiger partial charge in [0.15, 0.2) is 0 Å². The van der Waals surface area contributed by atoms with Crippen molar-refractivity contribution in [2.45, 2.75) is 26.3 Å². The Hall–Kier alpha value is -4.13. The van der Waals surface area contributed by atoms with E-state index in [0.717, 1.165) is 31.5 Å². The van der Waals surface area contributed by atoms with Crippen molar-refractivity contribution in [3.05, 3.63) is 95.6 Å². The number of carbonyl (C=O) groups excluding carboxylic acids is 3. The quantitative estimate of drug-likeness (QED) is 0.438. The van der Waals surface area contributed by atoms with Crippen molar-refractivity contribution >= 4 is 29.1 Å². The van der Waals surface area contributed by atoms with Gasteiger partial charge in [0.2, 0.25) is 5.91 Å². The predicted molar refractivity (Wildman–Crippen MR) is 142 cm³/mol. The van der Waals surface area contributed by atoms with E-state index in [9.17, 15) is 14.4 Å². The Bertz CT molecular complexity index is 1190. The number of anilines is 2. The molecular weight excluding hydrogens is 452 g/mol. The minimum Gasteiger partial charge on any atom is -0.376 e. The summed E-state index contributed by atoms with van der Waals surface area (Å²) >= 11 is 0. The molecule has 1 saturated heterocycles. The van der Waals surface area contributed by atoms with Gasteiger partial charge in [-0.15, -0.1) is 0 Å². The van der Waals surface area contributed by atoms with Gasteiger partial charge in [-0.1, -0.05) is 43.3 Å². The zero-order valence-electron chi connectivity index (χ0n) is 20.5. The number of carbonyl (C=O) groups is 3. The summed E-state index contributed by atoms with van der Waals surface area (Å²) in [5, 5.41) is 8.79. The van der Waals surface area contributed by atoms with Crippen LogP contribution in [0.5, 0.6) is 0 Å². The molecular formula is C29H32N4O3. The molecule has 3 aromatic carbocycles. The summed E-state index contributed by atoms with van der Waals surface area (Å²) in [4.78, 5) is 39.5. The van der Waals surface area contributed by atoms with Crippen LogP contribution in [0.3, 0.4) is 0 Å². The number of nitrogens with one attached hydrogen (secondary N) is 3. The molecule has 1 heterocycles. The first kappa shape index (κ1) is 25.0. The van der Waals surface area contributed by atoms with Crippen molar-refractivity contribution in [3.63, 3.8) is 0 Å². The molecule has 0 atom stereocenters. The number of piperidine rings is 1. The molecule has 0 bridgehead atoms. The maximum Gasteiger partial charge on any atom is 0.253 e. The maximum absolute atomic E-state index is 12.7. The molecule has 0 radical (unpaired) electrons. The summed E-state index contributed by atoms with van der Waals surface area (Å²) in [5.74, 6) is 0.298. The Labute approximate surface area is 211 Å². The second kappa shape index (κ2) is 12.0. The summed E-state index contributed by atoms with van der Waals surface area (Å²) < 4.78 is 0. The summed E-state index contributed by atoms with van der Waals surface area (Å²) in [5.41, 5.74) is 3.46. The van der Waals surface area contributed by atoms with Crippen LogP contribution in [-0.4, -0.2) is 42.3 Å². The van der Waals surface area contributed by atoms with Gasteiger partial charge in [0, 0.05) is 42.1 Å². The molecule has 3 amide bonds. The number of hydrogen-bond acceptors (Lipinski definition) is 4. The fraction of sp³-hybridized carbons (Fsp3) is 0.276. The molecule has 0 saturated carbocycles. The summed E-state index contributed by atoms with van der Waals surface area (Å²) in [7, 11) is 0. The highest BCUT2D eigenvalue weighted by molar-refractivity contribution is 5.97. The van der Waals surface area contributed by atoms with Gasteiger partial charge in [-0.25, -0.2) is 0 Å². The van der Waals surface area contributed by atoms with Crippen molar-refractivity contribution in [3.8, 4) is 0 Å². The number of hydrogen-bond donors (Lipinski definition) is 3. The average molecular weight is 485 g/mol. The molecule has 0 aromatic heterocycles. The Balaban J connectivity index is 1.25. The van der Waals surface area contributed by atoms with Crippen LogP contribution < -0.4 is 16.0 Å². The van der Waals surface area contributed by atoms with Crippen LogP contribution in [0.15, 0.2) is 78.9 Å². The Morgan fingerprint density at radius 2 is 1.56 bits per heavy atom. The van der Waals surface area contributed by atoms with Crippen molar-refractivity contribution < 1.29 is 14.4 Å². The molecule has 7 nitrogen and oxygen atoms in total. The summed E-state index contributed by atoms with van der Waals surface area (Å²) in [6, 6.07) is 23.7. The van der Waals surface area contributed by atoms with E-state index >= 15 is 0 Å². The third kappa shape index (κ3) is 6.95. The zero-order valence-corrected chi connectivity index (χ0v) is 20.5. The first-order chi connectivity index (χ1) is 17.5. The SMILES string of the molecule is CC1CCN(C(=O)c2ccc(NC(=O)CNc3cccc(C(=O)NCc4ccccc4)c3)cc2)CC1. The number of amides is 3. The van der Waals surface area contributed by atoms with Gasteiger partial charge < -0.3 is 20.9 Å². The lowest BCUT2D eigenvalue weighted by molar-refractivity contribution is -0.114. The minimum absolute atomic E-state index is 0.0362. The standard InChI is InChI=1S/C29H32N4O3/c1-21-14-16-33(17-15-21)29(36)23-10-12-25(13-11-23)32-27(34)20-30-26-9-5-8-24(18-26)28(35)31-19-22-6-3-2-4-7-22/h2-13,18,21,30H,14-17,19-20H2,1H3,(H,31,35)(H,32,34). The molecule has 1 aliphatic rings. The normalized spacial score (nSPS) is 13.6. The van der Waals surface area contributed by atoms with E-state index < -0.39 is 0 Å². The van der Waals surface area contributed by atoms with E-state index in [1.165, 1.54) is 0 Å². The Kier molecular flexibility index (Phi) is 8.34. The highest BCUT2D eigenvalue weighted by atomic mass is 16.2. The van der Waals surface area contributed by atoms with E-state index in [0.29, 0.717) is 35.0 Å². The first-order valence-electron chi connectivity index (χ1n) is 12.3. The van der Waals surface area contributed by atoms with E-state index in [4.69, 9.17) is 0 Å². The van der Waals surface area contributed by atoms with Crippen molar-refractivity contribution in [1.82, 2.24) is 10.2 Å². The molecule has 186 valence electrons. The molecule has 0 unspecified atom stereocenters. The lowest BCUT2D eigenvalue weighted by atomic mass is 9.98.